The maximum atomic E-state index is 10.7. The van der Waals surface area contributed by atoms with Crippen molar-refractivity contribution in [3.05, 3.63) is 0 Å². The van der Waals surface area contributed by atoms with Crippen LogP contribution in [-0.4, -0.2) is 17.7 Å². The van der Waals surface area contributed by atoms with Crippen LogP contribution in [0.25, 0.3) is 0 Å². The van der Waals surface area contributed by atoms with Gasteiger partial charge in [-0.3, -0.25) is 9.09 Å². The van der Waals surface area contributed by atoms with Gasteiger partial charge in [0.25, 0.3) is 0 Å². The van der Waals surface area contributed by atoms with Gasteiger partial charge in [-0.2, -0.15) is 0 Å². The van der Waals surface area contributed by atoms with Crippen molar-refractivity contribution < 1.29 is 14.0 Å². The lowest BCUT2D eigenvalue weighted by Gasteiger charge is -2.12. The van der Waals surface area contributed by atoms with Crippen molar-refractivity contribution in [2.24, 2.45) is 0 Å². The van der Waals surface area contributed by atoms with E-state index in [9.17, 15) is 4.57 Å². The Balaban J connectivity index is 3.91. The highest BCUT2D eigenvalue weighted by Crippen LogP contribution is 2.38. The van der Waals surface area contributed by atoms with Gasteiger partial charge in [0.1, 0.15) is 6.10 Å². The van der Waals surface area contributed by atoms with E-state index in [4.69, 9.17) is 15.8 Å². The molecule has 0 amide bonds. The third-order valence-electron chi connectivity index (χ3n) is 1.06. The van der Waals surface area contributed by atoms with Gasteiger partial charge in [0.2, 0.25) is 0 Å². The van der Waals surface area contributed by atoms with Crippen LogP contribution in [0.4, 0.5) is 0 Å². The SMILES string of the molecule is C#CC(CCC)OP(C)(=O)O. The van der Waals surface area contributed by atoms with Crippen molar-refractivity contribution in [3.8, 4) is 12.3 Å². The lowest BCUT2D eigenvalue weighted by Crippen LogP contribution is -2.07. The molecule has 2 atom stereocenters. The molecule has 0 bridgehead atoms. The zero-order valence-electron chi connectivity index (χ0n) is 6.78. The minimum Gasteiger partial charge on any atom is -0.324 e. The largest absolute Gasteiger partial charge is 0.326 e. The maximum absolute atomic E-state index is 10.7. The van der Waals surface area contributed by atoms with E-state index in [0.717, 1.165) is 13.1 Å². The van der Waals surface area contributed by atoms with Crippen LogP contribution in [0.5, 0.6) is 0 Å². The van der Waals surface area contributed by atoms with Gasteiger partial charge in [0.15, 0.2) is 0 Å². The predicted molar refractivity (Wildman–Crippen MR) is 44.4 cm³/mol. The summed E-state index contributed by atoms with van der Waals surface area (Å²) in [5, 5.41) is 0. The van der Waals surface area contributed by atoms with Crippen LogP contribution >= 0.6 is 7.60 Å². The molecule has 1 N–H and O–H groups in total. The molecule has 64 valence electrons. The van der Waals surface area contributed by atoms with Crippen LogP contribution in [-0.2, 0) is 9.09 Å². The highest BCUT2D eigenvalue weighted by molar-refractivity contribution is 7.51. The highest BCUT2D eigenvalue weighted by atomic mass is 31.2. The summed E-state index contributed by atoms with van der Waals surface area (Å²) in [5.74, 6) is 2.31. The molecule has 0 aliphatic carbocycles. The molecule has 0 aliphatic heterocycles. The van der Waals surface area contributed by atoms with Gasteiger partial charge in [0, 0.05) is 6.66 Å². The van der Waals surface area contributed by atoms with Crippen LogP contribution < -0.4 is 0 Å². The Morgan fingerprint density at radius 1 is 1.82 bits per heavy atom. The van der Waals surface area contributed by atoms with Crippen molar-refractivity contribution in [2.45, 2.75) is 25.9 Å². The van der Waals surface area contributed by atoms with E-state index in [1.54, 1.807) is 0 Å². The van der Waals surface area contributed by atoms with Gasteiger partial charge in [-0.15, -0.1) is 6.42 Å². The second-order valence-corrected chi connectivity index (χ2v) is 4.17. The Labute approximate surface area is 67.3 Å². The van der Waals surface area contributed by atoms with Crippen LogP contribution in [0, 0.1) is 12.3 Å². The monoisotopic (exact) mass is 176 g/mol. The molecule has 3 nitrogen and oxygen atoms in total. The molecule has 0 saturated carbocycles. The van der Waals surface area contributed by atoms with E-state index in [-0.39, 0.29) is 0 Å². The number of terminal acetylenes is 1. The minimum atomic E-state index is -3.41. The quantitative estimate of drug-likeness (QED) is 0.523. The Morgan fingerprint density at radius 2 is 2.36 bits per heavy atom. The van der Waals surface area contributed by atoms with Crippen LogP contribution in [0.1, 0.15) is 19.8 Å². The Hall–Kier alpha value is -0.290. The van der Waals surface area contributed by atoms with Gasteiger partial charge in [-0.1, -0.05) is 19.3 Å². The zero-order valence-corrected chi connectivity index (χ0v) is 7.67. The molecule has 0 saturated heterocycles. The summed E-state index contributed by atoms with van der Waals surface area (Å²) in [4.78, 5) is 8.78. The van der Waals surface area contributed by atoms with E-state index < -0.39 is 13.7 Å². The molecule has 0 aromatic carbocycles. The lowest BCUT2D eigenvalue weighted by molar-refractivity contribution is 0.213. The summed E-state index contributed by atoms with van der Waals surface area (Å²) in [6, 6.07) is 0. The molecule has 11 heavy (non-hydrogen) atoms. The summed E-state index contributed by atoms with van der Waals surface area (Å²) >= 11 is 0. The van der Waals surface area contributed by atoms with Crippen molar-refractivity contribution in [1.29, 1.82) is 0 Å². The van der Waals surface area contributed by atoms with Gasteiger partial charge in [0.05, 0.1) is 0 Å². The molecule has 0 spiro atoms. The standard InChI is InChI=1S/C7H13O3P/c1-4-6-7(5-2)10-11(3,8)9/h2,7H,4,6H2,1,3H3,(H,8,9). The van der Waals surface area contributed by atoms with Crippen LogP contribution in [0.3, 0.4) is 0 Å². The molecule has 0 radical (unpaired) electrons. The van der Waals surface area contributed by atoms with E-state index in [2.05, 4.69) is 5.92 Å². The maximum Gasteiger partial charge on any atom is 0.326 e. The second-order valence-electron chi connectivity index (χ2n) is 2.35. The summed E-state index contributed by atoms with van der Waals surface area (Å²) in [6.45, 7) is 3.07. The first-order valence-electron chi connectivity index (χ1n) is 3.44. The highest BCUT2D eigenvalue weighted by Gasteiger charge is 2.16. The molecule has 0 rings (SSSR count). The van der Waals surface area contributed by atoms with Crippen molar-refractivity contribution >= 4 is 7.60 Å². The van der Waals surface area contributed by atoms with E-state index in [0.29, 0.717) is 6.42 Å². The van der Waals surface area contributed by atoms with Crippen LogP contribution in [0.15, 0.2) is 0 Å². The predicted octanol–water partition coefficient (Wildman–Crippen LogP) is 1.62. The number of rotatable bonds is 4. The van der Waals surface area contributed by atoms with Gasteiger partial charge < -0.3 is 4.89 Å². The van der Waals surface area contributed by atoms with Gasteiger partial charge in [-0.25, -0.2) is 0 Å². The summed E-state index contributed by atoms with van der Waals surface area (Å²) < 4.78 is 15.4. The number of hydrogen-bond acceptors (Lipinski definition) is 2. The third-order valence-corrected chi connectivity index (χ3v) is 1.71. The number of hydrogen-bond donors (Lipinski definition) is 1. The fraction of sp³-hybridized carbons (Fsp3) is 0.714. The molecule has 0 aliphatic rings. The van der Waals surface area contributed by atoms with Crippen molar-refractivity contribution in [3.63, 3.8) is 0 Å². The molecule has 4 heteroatoms. The van der Waals surface area contributed by atoms with Gasteiger partial charge in [-0.05, 0) is 6.42 Å². The Bertz CT molecular complexity index is 188. The zero-order chi connectivity index (χ0) is 8.91. The summed E-state index contributed by atoms with van der Waals surface area (Å²) in [5.41, 5.74) is 0. The van der Waals surface area contributed by atoms with E-state index in [1.165, 1.54) is 0 Å². The molecular weight excluding hydrogens is 163 g/mol. The molecule has 0 aromatic heterocycles. The average molecular weight is 176 g/mol. The first kappa shape index (κ1) is 10.7. The molecule has 0 aromatic rings. The van der Waals surface area contributed by atoms with E-state index >= 15 is 0 Å². The fourth-order valence-electron chi connectivity index (χ4n) is 0.665. The van der Waals surface area contributed by atoms with Crippen molar-refractivity contribution in [2.75, 3.05) is 6.66 Å². The van der Waals surface area contributed by atoms with Crippen LogP contribution in [0.2, 0.25) is 0 Å². The van der Waals surface area contributed by atoms with Gasteiger partial charge >= 0.3 is 7.60 Å². The molecule has 0 fully saturated rings. The topological polar surface area (TPSA) is 46.5 Å². The lowest BCUT2D eigenvalue weighted by atomic mass is 10.2. The summed E-state index contributed by atoms with van der Waals surface area (Å²) in [6.07, 6.45) is 5.99. The summed E-state index contributed by atoms with van der Waals surface area (Å²) in [7, 11) is -3.41. The van der Waals surface area contributed by atoms with E-state index in [1.807, 2.05) is 6.92 Å². The Morgan fingerprint density at radius 3 is 2.64 bits per heavy atom. The first-order valence-corrected chi connectivity index (χ1v) is 5.47. The smallest absolute Gasteiger partial charge is 0.324 e. The molecule has 2 unspecified atom stereocenters. The average Bonchev–Trinajstić information content (AvgIpc) is 1.84. The third kappa shape index (κ3) is 6.12. The second kappa shape index (κ2) is 4.56. The normalized spacial score (nSPS) is 18.4. The minimum absolute atomic E-state index is 0.527. The molecular formula is C7H13O3P. The Kier molecular flexibility index (Phi) is 4.44. The fourth-order valence-corrected chi connectivity index (χ4v) is 1.30. The van der Waals surface area contributed by atoms with Crippen molar-refractivity contribution in [1.82, 2.24) is 0 Å². The molecule has 0 heterocycles. The first-order chi connectivity index (χ1) is 4.99.